The number of thiophene rings is 1. The number of rotatable bonds is 5. The Balaban J connectivity index is 1.39. The Morgan fingerprint density at radius 1 is 1.03 bits per heavy atom. The predicted molar refractivity (Wildman–Crippen MR) is 128 cm³/mol. The third-order valence-electron chi connectivity index (χ3n) is 5.53. The number of nitrogens with zero attached hydrogens (tertiary/aromatic N) is 4. The zero-order chi connectivity index (χ0) is 20.3. The molecule has 2 aromatic carbocycles. The fourth-order valence-corrected chi connectivity index (χ4v) is 5.11. The highest BCUT2D eigenvalue weighted by Gasteiger charge is 2.13. The van der Waals surface area contributed by atoms with Crippen molar-refractivity contribution in [3.05, 3.63) is 75.6 Å². The van der Waals surface area contributed by atoms with E-state index in [4.69, 9.17) is 12.2 Å². The summed E-state index contributed by atoms with van der Waals surface area (Å²) in [5, 5.41) is 15.8. The minimum Gasteiger partial charge on any atom is -0.363 e. The third-order valence-corrected chi connectivity index (χ3v) is 6.87. The molecule has 1 aliphatic heterocycles. The molecule has 0 unspecified atom stereocenters. The van der Waals surface area contributed by atoms with Crippen molar-refractivity contribution in [1.82, 2.24) is 14.9 Å². The van der Waals surface area contributed by atoms with Crippen molar-refractivity contribution in [2.45, 2.75) is 25.7 Å². The molecule has 2 aromatic heterocycles. The molecule has 30 heavy (non-hydrogen) atoms. The van der Waals surface area contributed by atoms with Gasteiger partial charge in [0.05, 0.1) is 11.2 Å². The molecule has 1 aliphatic rings. The summed E-state index contributed by atoms with van der Waals surface area (Å²) >= 11 is 7.21. The first kappa shape index (κ1) is 19.2. The molecular formula is C23H23N5S2. The van der Waals surface area contributed by atoms with Gasteiger partial charge in [0.15, 0.2) is 5.82 Å². The lowest BCUT2D eigenvalue weighted by Crippen LogP contribution is -2.28. The molecule has 0 amide bonds. The zero-order valence-corrected chi connectivity index (χ0v) is 18.3. The van der Waals surface area contributed by atoms with Gasteiger partial charge >= 0.3 is 0 Å². The smallest absolute Gasteiger partial charge is 0.216 e. The van der Waals surface area contributed by atoms with Crippen LogP contribution in [-0.4, -0.2) is 34.2 Å². The predicted octanol–water partition coefficient (Wildman–Crippen LogP) is 5.62. The van der Waals surface area contributed by atoms with Crippen molar-refractivity contribution in [3.8, 4) is 0 Å². The Kier molecular flexibility index (Phi) is 5.46. The summed E-state index contributed by atoms with van der Waals surface area (Å²) in [5.74, 6) is 0.806. The van der Waals surface area contributed by atoms with Crippen LogP contribution in [0.1, 0.15) is 35.5 Å². The molecule has 1 saturated heterocycles. The number of aromatic nitrogens is 3. The van der Waals surface area contributed by atoms with Crippen molar-refractivity contribution in [2.75, 3.05) is 18.0 Å². The maximum atomic E-state index is 5.43. The van der Waals surface area contributed by atoms with Gasteiger partial charge < -0.3 is 4.90 Å². The molecule has 0 atom stereocenters. The highest BCUT2D eigenvalue weighted by atomic mass is 32.1. The average molecular weight is 434 g/mol. The monoisotopic (exact) mass is 433 g/mol. The van der Waals surface area contributed by atoms with E-state index in [1.165, 1.54) is 40.6 Å². The van der Waals surface area contributed by atoms with E-state index in [2.05, 4.69) is 74.8 Å². The Morgan fingerprint density at radius 2 is 1.87 bits per heavy atom. The summed E-state index contributed by atoms with van der Waals surface area (Å²) in [5.41, 5.74) is 1.21. The number of aromatic amines is 1. The molecule has 5 nitrogen and oxygen atoms in total. The molecule has 4 aromatic rings. The van der Waals surface area contributed by atoms with Crippen LogP contribution in [0.3, 0.4) is 0 Å². The molecule has 0 spiro atoms. The highest BCUT2D eigenvalue weighted by molar-refractivity contribution is 7.71. The first-order chi connectivity index (χ1) is 14.8. The number of hydrogen-bond donors (Lipinski definition) is 1. The first-order valence-corrected chi connectivity index (χ1v) is 11.5. The number of H-pyrrole nitrogens is 1. The van der Waals surface area contributed by atoms with Crippen LogP contribution in [0, 0.1) is 4.77 Å². The van der Waals surface area contributed by atoms with Gasteiger partial charge in [-0.15, -0.1) is 11.3 Å². The largest absolute Gasteiger partial charge is 0.363 e. The van der Waals surface area contributed by atoms with Crippen LogP contribution in [0.4, 0.5) is 5.00 Å². The zero-order valence-electron chi connectivity index (χ0n) is 16.6. The van der Waals surface area contributed by atoms with Crippen LogP contribution < -0.4 is 4.90 Å². The van der Waals surface area contributed by atoms with Gasteiger partial charge in [-0.25, -0.2) is 0 Å². The van der Waals surface area contributed by atoms with E-state index in [1.807, 2.05) is 6.21 Å². The Labute approximate surface area is 184 Å². The van der Waals surface area contributed by atoms with E-state index in [0.29, 0.717) is 11.2 Å². The quantitative estimate of drug-likeness (QED) is 0.328. The number of anilines is 1. The minimum absolute atomic E-state index is 0.509. The normalized spacial score (nSPS) is 14.7. The second-order valence-corrected chi connectivity index (χ2v) is 9.02. The second kappa shape index (κ2) is 8.53. The Hall–Kier alpha value is -2.77. The van der Waals surface area contributed by atoms with Crippen molar-refractivity contribution >= 4 is 45.5 Å². The fraction of sp³-hybridized carbons (Fsp3) is 0.261. The molecule has 7 heteroatoms. The number of hydrogen-bond acceptors (Lipinski definition) is 5. The van der Waals surface area contributed by atoms with E-state index in [0.717, 1.165) is 23.8 Å². The van der Waals surface area contributed by atoms with Gasteiger partial charge in [0.1, 0.15) is 0 Å². The standard InChI is InChI=1S/C23H23N5S2/c29-23-26-25-21(15-18-9-6-8-17-7-2-3-10-20(17)18)28(23)24-16-19-11-12-22(30-19)27-13-4-1-5-14-27/h2-3,6-12,16H,1,4-5,13-15H2,(H,26,29)/b24-16-. The van der Waals surface area contributed by atoms with E-state index < -0.39 is 0 Å². The minimum atomic E-state index is 0.509. The number of piperidine rings is 1. The Morgan fingerprint density at radius 3 is 2.77 bits per heavy atom. The number of nitrogens with one attached hydrogen (secondary N) is 1. The summed E-state index contributed by atoms with van der Waals surface area (Å²) in [4.78, 5) is 3.59. The molecule has 0 aliphatic carbocycles. The number of fused-ring (bicyclic) bond motifs is 1. The molecule has 1 N–H and O–H groups in total. The Bertz CT molecular complexity index is 1240. The summed E-state index contributed by atoms with van der Waals surface area (Å²) in [7, 11) is 0. The van der Waals surface area contributed by atoms with E-state index in [1.54, 1.807) is 16.0 Å². The van der Waals surface area contributed by atoms with Crippen molar-refractivity contribution < 1.29 is 0 Å². The van der Waals surface area contributed by atoms with Crippen LogP contribution in [0.15, 0.2) is 59.7 Å². The molecule has 5 rings (SSSR count). The van der Waals surface area contributed by atoms with Crippen LogP contribution in [0.2, 0.25) is 0 Å². The summed E-state index contributed by atoms with van der Waals surface area (Å²) in [6.07, 6.45) is 6.45. The van der Waals surface area contributed by atoms with Crippen LogP contribution in [0.25, 0.3) is 10.8 Å². The van der Waals surface area contributed by atoms with Gasteiger partial charge in [-0.2, -0.15) is 14.9 Å². The molecule has 152 valence electrons. The van der Waals surface area contributed by atoms with Gasteiger partial charge in [0.25, 0.3) is 0 Å². The lowest BCUT2D eigenvalue weighted by atomic mass is 10.0. The van der Waals surface area contributed by atoms with E-state index in [9.17, 15) is 0 Å². The van der Waals surface area contributed by atoms with Gasteiger partial charge in [0, 0.05) is 24.4 Å². The molecule has 0 radical (unpaired) electrons. The lowest BCUT2D eigenvalue weighted by Gasteiger charge is -2.27. The van der Waals surface area contributed by atoms with Crippen LogP contribution in [-0.2, 0) is 6.42 Å². The fourth-order valence-electron chi connectivity index (χ4n) is 3.99. The van der Waals surface area contributed by atoms with Gasteiger partial charge in [-0.3, -0.25) is 5.10 Å². The molecule has 0 saturated carbocycles. The van der Waals surface area contributed by atoms with Gasteiger partial charge in [0.2, 0.25) is 4.77 Å². The molecule has 3 heterocycles. The second-order valence-electron chi connectivity index (χ2n) is 7.54. The van der Waals surface area contributed by atoms with Crippen molar-refractivity contribution in [1.29, 1.82) is 0 Å². The van der Waals surface area contributed by atoms with Crippen LogP contribution in [0.5, 0.6) is 0 Å². The molecule has 0 bridgehead atoms. The van der Waals surface area contributed by atoms with Crippen molar-refractivity contribution in [3.63, 3.8) is 0 Å². The summed E-state index contributed by atoms with van der Waals surface area (Å²) < 4.78 is 2.24. The third kappa shape index (κ3) is 3.95. The highest BCUT2D eigenvalue weighted by Crippen LogP contribution is 2.28. The van der Waals surface area contributed by atoms with Gasteiger partial charge in [-0.1, -0.05) is 42.5 Å². The number of benzene rings is 2. The van der Waals surface area contributed by atoms with E-state index >= 15 is 0 Å². The first-order valence-electron chi connectivity index (χ1n) is 10.3. The van der Waals surface area contributed by atoms with Crippen molar-refractivity contribution in [2.24, 2.45) is 5.10 Å². The molecular weight excluding hydrogens is 410 g/mol. The maximum Gasteiger partial charge on any atom is 0.216 e. The maximum absolute atomic E-state index is 5.43. The summed E-state index contributed by atoms with van der Waals surface area (Å²) in [6, 6.07) is 19.1. The average Bonchev–Trinajstić information content (AvgIpc) is 3.40. The van der Waals surface area contributed by atoms with Gasteiger partial charge in [-0.05, 0) is 59.9 Å². The van der Waals surface area contributed by atoms with Crippen LogP contribution >= 0.6 is 23.6 Å². The summed E-state index contributed by atoms with van der Waals surface area (Å²) in [6.45, 7) is 2.30. The molecule has 1 fully saturated rings. The van der Waals surface area contributed by atoms with E-state index in [-0.39, 0.29) is 0 Å². The SMILES string of the molecule is S=c1[nH]nc(Cc2cccc3ccccc23)n1/N=C\c1ccc(N2CCCCC2)s1. The lowest BCUT2D eigenvalue weighted by molar-refractivity contribution is 0.580. The topological polar surface area (TPSA) is 49.2 Å².